The van der Waals surface area contributed by atoms with Crippen LogP contribution >= 0.6 is 0 Å². The molecule has 0 radical (unpaired) electrons. The summed E-state index contributed by atoms with van der Waals surface area (Å²) in [4.78, 5) is 11.6. The molecular formula is C17H20O4. The molecule has 0 amide bonds. The molecule has 112 valence electrons. The molecule has 1 aromatic carbocycles. The highest BCUT2D eigenvalue weighted by atomic mass is 16.6. The van der Waals surface area contributed by atoms with Crippen LogP contribution in [0.25, 0.3) is 11.0 Å². The maximum atomic E-state index is 11.6. The average molecular weight is 288 g/mol. The first-order valence-electron chi connectivity index (χ1n) is 7.56. The van der Waals surface area contributed by atoms with E-state index in [0.29, 0.717) is 12.4 Å². The smallest absolute Gasteiger partial charge is 0.347 e. The molecular weight excluding hydrogens is 268 g/mol. The minimum Gasteiger partial charge on any atom is -0.479 e. The lowest BCUT2D eigenvalue weighted by molar-refractivity contribution is -0.150. The zero-order chi connectivity index (χ0) is 14.8. The van der Waals surface area contributed by atoms with Crippen LogP contribution in [0.2, 0.25) is 0 Å². The van der Waals surface area contributed by atoms with Crippen molar-refractivity contribution in [3.8, 4) is 5.75 Å². The van der Waals surface area contributed by atoms with E-state index in [1.165, 1.54) is 18.4 Å². The molecule has 0 fully saturated rings. The van der Waals surface area contributed by atoms with Crippen LogP contribution in [0.15, 0.2) is 22.6 Å². The number of carbonyl (C=O) groups is 1. The second kappa shape index (κ2) is 5.80. The largest absolute Gasteiger partial charge is 0.479 e. The van der Waals surface area contributed by atoms with E-state index in [-0.39, 0.29) is 5.97 Å². The summed E-state index contributed by atoms with van der Waals surface area (Å²) < 4.78 is 16.5. The van der Waals surface area contributed by atoms with Gasteiger partial charge in [0, 0.05) is 17.4 Å². The summed E-state index contributed by atoms with van der Waals surface area (Å²) in [5, 5.41) is 1.11. The van der Waals surface area contributed by atoms with Crippen molar-refractivity contribution >= 4 is 16.9 Å². The molecule has 1 aromatic heterocycles. The fraction of sp³-hybridized carbons (Fsp3) is 0.471. The Hall–Kier alpha value is -1.97. The van der Waals surface area contributed by atoms with E-state index in [1.807, 2.05) is 18.2 Å². The van der Waals surface area contributed by atoms with E-state index >= 15 is 0 Å². The Balaban J connectivity index is 1.85. The van der Waals surface area contributed by atoms with E-state index in [1.54, 1.807) is 13.8 Å². The van der Waals surface area contributed by atoms with Gasteiger partial charge in [-0.2, -0.15) is 0 Å². The first-order chi connectivity index (χ1) is 10.2. The molecule has 4 heteroatoms. The number of rotatable bonds is 4. The normalized spacial score (nSPS) is 15.5. The van der Waals surface area contributed by atoms with Crippen molar-refractivity contribution in [2.45, 2.75) is 45.6 Å². The third-order valence-electron chi connectivity index (χ3n) is 3.86. The topological polar surface area (TPSA) is 48.7 Å². The second-order valence-corrected chi connectivity index (χ2v) is 5.38. The fourth-order valence-electron chi connectivity index (χ4n) is 2.83. The number of carbonyl (C=O) groups excluding carboxylic acids is 1. The van der Waals surface area contributed by atoms with Crippen molar-refractivity contribution in [3.05, 3.63) is 29.5 Å². The van der Waals surface area contributed by atoms with Gasteiger partial charge in [0.2, 0.25) is 0 Å². The van der Waals surface area contributed by atoms with Crippen LogP contribution in [0.4, 0.5) is 0 Å². The van der Waals surface area contributed by atoms with Gasteiger partial charge in [-0.25, -0.2) is 4.79 Å². The molecule has 0 saturated carbocycles. The zero-order valence-electron chi connectivity index (χ0n) is 12.5. The molecule has 1 heterocycles. The standard InChI is InChI=1S/C17H20O4/c1-3-19-17(18)11(2)20-12-8-9-16-14(10-12)13-6-4-5-7-15(13)21-16/h8-11H,3-7H2,1-2H3. The van der Waals surface area contributed by atoms with Crippen LogP contribution < -0.4 is 4.74 Å². The van der Waals surface area contributed by atoms with E-state index in [0.717, 1.165) is 29.6 Å². The van der Waals surface area contributed by atoms with E-state index in [4.69, 9.17) is 13.9 Å². The van der Waals surface area contributed by atoms with Gasteiger partial charge < -0.3 is 13.9 Å². The Kier molecular flexibility index (Phi) is 3.86. The van der Waals surface area contributed by atoms with Crippen LogP contribution in [0, 0.1) is 0 Å². The maximum absolute atomic E-state index is 11.6. The minimum absolute atomic E-state index is 0.341. The molecule has 4 nitrogen and oxygen atoms in total. The molecule has 0 aliphatic heterocycles. The van der Waals surface area contributed by atoms with Gasteiger partial charge in [-0.1, -0.05) is 0 Å². The first kappa shape index (κ1) is 14.0. The number of hydrogen-bond donors (Lipinski definition) is 0. The molecule has 2 aromatic rings. The summed E-state index contributed by atoms with van der Waals surface area (Å²) >= 11 is 0. The Labute approximate surface area is 124 Å². The lowest BCUT2D eigenvalue weighted by atomic mass is 9.96. The monoisotopic (exact) mass is 288 g/mol. The zero-order valence-corrected chi connectivity index (χ0v) is 12.5. The Morgan fingerprint density at radius 2 is 2.14 bits per heavy atom. The summed E-state index contributed by atoms with van der Waals surface area (Å²) in [6, 6.07) is 5.73. The van der Waals surface area contributed by atoms with Gasteiger partial charge in [0.15, 0.2) is 6.10 Å². The second-order valence-electron chi connectivity index (χ2n) is 5.38. The summed E-state index contributed by atoms with van der Waals surface area (Å²) in [6.45, 7) is 3.85. The lowest BCUT2D eigenvalue weighted by Gasteiger charge is -2.13. The fourth-order valence-corrected chi connectivity index (χ4v) is 2.83. The van der Waals surface area contributed by atoms with Gasteiger partial charge in [-0.15, -0.1) is 0 Å². The molecule has 0 bridgehead atoms. The Morgan fingerprint density at radius 1 is 1.33 bits per heavy atom. The number of fused-ring (bicyclic) bond motifs is 3. The predicted molar refractivity (Wildman–Crippen MR) is 79.6 cm³/mol. The summed E-state index contributed by atoms with van der Waals surface area (Å²) in [5.41, 5.74) is 2.20. The van der Waals surface area contributed by atoms with Crippen molar-refractivity contribution in [1.29, 1.82) is 0 Å². The first-order valence-corrected chi connectivity index (χ1v) is 7.56. The van der Waals surface area contributed by atoms with Crippen LogP contribution in [0.3, 0.4) is 0 Å². The highest BCUT2D eigenvalue weighted by Crippen LogP contribution is 2.34. The van der Waals surface area contributed by atoms with Crippen molar-refractivity contribution in [2.75, 3.05) is 6.61 Å². The molecule has 1 atom stereocenters. The molecule has 1 unspecified atom stereocenters. The Bertz CT molecular complexity index is 656. The number of ether oxygens (including phenoxy) is 2. The van der Waals surface area contributed by atoms with Gasteiger partial charge in [-0.3, -0.25) is 0 Å². The van der Waals surface area contributed by atoms with E-state index in [2.05, 4.69) is 0 Å². The summed E-state index contributed by atoms with van der Waals surface area (Å²) in [6.07, 6.45) is 3.85. The van der Waals surface area contributed by atoms with Crippen LogP contribution in [0.1, 0.15) is 38.0 Å². The van der Waals surface area contributed by atoms with Crippen LogP contribution in [-0.2, 0) is 22.4 Å². The van der Waals surface area contributed by atoms with Crippen molar-refractivity contribution in [1.82, 2.24) is 0 Å². The predicted octanol–water partition coefficient (Wildman–Crippen LogP) is 3.64. The Morgan fingerprint density at radius 3 is 2.95 bits per heavy atom. The molecule has 21 heavy (non-hydrogen) atoms. The molecule has 1 aliphatic rings. The summed E-state index contributed by atoms with van der Waals surface area (Å²) in [5.74, 6) is 1.44. The van der Waals surface area contributed by atoms with Gasteiger partial charge >= 0.3 is 5.97 Å². The highest BCUT2D eigenvalue weighted by molar-refractivity contribution is 5.84. The quantitative estimate of drug-likeness (QED) is 0.806. The highest BCUT2D eigenvalue weighted by Gasteiger charge is 2.20. The third-order valence-corrected chi connectivity index (χ3v) is 3.86. The van der Waals surface area contributed by atoms with Gasteiger partial charge in [-0.05, 0) is 51.3 Å². The van der Waals surface area contributed by atoms with E-state index < -0.39 is 6.10 Å². The molecule has 0 N–H and O–H groups in total. The number of aryl methyl sites for hydroxylation is 2. The third kappa shape index (κ3) is 2.75. The molecule has 0 spiro atoms. The molecule has 1 aliphatic carbocycles. The SMILES string of the molecule is CCOC(=O)C(C)Oc1ccc2oc3c(c2c1)CCCC3. The summed E-state index contributed by atoms with van der Waals surface area (Å²) in [7, 11) is 0. The van der Waals surface area contributed by atoms with E-state index in [9.17, 15) is 4.79 Å². The number of benzene rings is 1. The number of furan rings is 1. The van der Waals surface area contributed by atoms with Gasteiger partial charge in [0.25, 0.3) is 0 Å². The van der Waals surface area contributed by atoms with Gasteiger partial charge in [0.1, 0.15) is 17.1 Å². The van der Waals surface area contributed by atoms with Gasteiger partial charge in [0.05, 0.1) is 6.61 Å². The van der Waals surface area contributed by atoms with Crippen molar-refractivity contribution in [2.24, 2.45) is 0 Å². The van der Waals surface area contributed by atoms with Crippen molar-refractivity contribution in [3.63, 3.8) is 0 Å². The minimum atomic E-state index is -0.606. The molecule has 0 saturated heterocycles. The number of hydrogen-bond acceptors (Lipinski definition) is 4. The molecule has 3 rings (SSSR count). The number of esters is 1. The van der Waals surface area contributed by atoms with Crippen LogP contribution in [0.5, 0.6) is 5.75 Å². The van der Waals surface area contributed by atoms with Crippen molar-refractivity contribution < 1.29 is 18.7 Å². The van der Waals surface area contributed by atoms with Crippen LogP contribution in [-0.4, -0.2) is 18.7 Å². The lowest BCUT2D eigenvalue weighted by Crippen LogP contribution is -2.26. The maximum Gasteiger partial charge on any atom is 0.347 e. The average Bonchev–Trinajstić information content (AvgIpc) is 2.85.